The molecule has 0 fully saturated rings. The zero-order valence-corrected chi connectivity index (χ0v) is 11.6. The van der Waals surface area contributed by atoms with Crippen molar-refractivity contribution < 1.29 is 4.74 Å². The van der Waals surface area contributed by atoms with Crippen molar-refractivity contribution >= 4 is 0 Å². The first-order valence-electron chi connectivity index (χ1n) is 6.67. The Morgan fingerprint density at radius 3 is 2.74 bits per heavy atom. The fraction of sp³-hybridized carbons (Fsp3) is 0.400. The molecule has 1 N–H and O–H groups in total. The minimum Gasteiger partial charge on any atom is -0.497 e. The smallest absolute Gasteiger partial charge is 0.122 e. The second kappa shape index (κ2) is 6.95. The predicted molar refractivity (Wildman–Crippen MR) is 76.3 cm³/mol. The van der Waals surface area contributed by atoms with Crippen LogP contribution in [-0.4, -0.2) is 23.2 Å². The molecule has 0 spiro atoms. The van der Waals surface area contributed by atoms with Crippen molar-refractivity contribution in [2.75, 3.05) is 13.7 Å². The Labute approximate surface area is 114 Å². The van der Waals surface area contributed by atoms with E-state index < -0.39 is 0 Å². The highest BCUT2D eigenvalue weighted by molar-refractivity contribution is 5.27. The topological polar surface area (TPSA) is 39.1 Å². The summed E-state index contributed by atoms with van der Waals surface area (Å²) in [7, 11) is 1.69. The van der Waals surface area contributed by atoms with Crippen molar-refractivity contribution in [3.63, 3.8) is 0 Å². The van der Waals surface area contributed by atoms with E-state index in [0.29, 0.717) is 0 Å². The van der Waals surface area contributed by atoms with Crippen molar-refractivity contribution in [3.05, 3.63) is 48.0 Å². The van der Waals surface area contributed by atoms with Gasteiger partial charge in [-0.2, -0.15) is 0 Å². The van der Waals surface area contributed by atoms with Gasteiger partial charge >= 0.3 is 0 Å². The number of methoxy groups -OCH3 is 1. The Hall–Kier alpha value is -1.81. The van der Waals surface area contributed by atoms with E-state index in [-0.39, 0.29) is 0 Å². The molecule has 0 aliphatic carbocycles. The molecule has 1 aromatic carbocycles. The van der Waals surface area contributed by atoms with E-state index in [4.69, 9.17) is 4.74 Å². The van der Waals surface area contributed by atoms with Crippen LogP contribution in [0.25, 0.3) is 0 Å². The maximum absolute atomic E-state index is 5.16. The van der Waals surface area contributed by atoms with Gasteiger partial charge in [-0.3, -0.25) is 0 Å². The molecule has 0 unspecified atom stereocenters. The monoisotopic (exact) mass is 259 g/mol. The minimum atomic E-state index is 0.826. The average Bonchev–Trinajstić information content (AvgIpc) is 2.91. The first-order chi connectivity index (χ1) is 9.33. The fourth-order valence-corrected chi connectivity index (χ4v) is 1.99. The molecule has 0 saturated carbocycles. The van der Waals surface area contributed by atoms with Crippen LogP contribution < -0.4 is 10.1 Å². The summed E-state index contributed by atoms with van der Waals surface area (Å²) in [6, 6.07) is 8.23. The van der Waals surface area contributed by atoms with Gasteiger partial charge < -0.3 is 14.6 Å². The standard InChI is InChI=1S/C15H21N3O/c1-3-16-12-15-17-9-11-18(15)10-8-13-4-6-14(19-2)7-5-13/h4-7,9,11,16H,3,8,10,12H2,1-2H3. The second-order valence-corrected chi connectivity index (χ2v) is 4.42. The summed E-state index contributed by atoms with van der Waals surface area (Å²) < 4.78 is 7.36. The quantitative estimate of drug-likeness (QED) is 0.829. The lowest BCUT2D eigenvalue weighted by Crippen LogP contribution is -2.16. The van der Waals surface area contributed by atoms with E-state index in [1.54, 1.807) is 7.11 Å². The molecular weight excluding hydrogens is 238 g/mol. The molecule has 1 heterocycles. The molecule has 0 amide bonds. The van der Waals surface area contributed by atoms with E-state index in [9.17, 15) is 0 Å². The molecule has 0 saturated heterocycles. The number of nitrogens with zero attached hydrogens (tertiary/aromatic N) is 2. The van der Waals surface area contributed by atoms with Gasteiger partial charge in [-0.25, -0.2) is 4.98 Å². The largest absolute Gasteiger partial charge is 0.497 e. The lowest BCUT2D eigenvalue weighted by atomic mass is 10.1. The molecule has 2 rings (SSSR count). The number of rotatable bonds is 7. The third kappa shape index (κ3) is 3.83. The summed E-state index contributed by atoms with van der Waals surface area (Å²) in [5.41, 5.74) is 1.31. The highest BCUT2D eigenvalue weighted by Gasteiger charge is 2.02. The van der Waals surface area contributed by atoms with Gasteiger partial charge in [0.05, 0.1) is 13.7 Å². The van der Waals surface area contributed by atoms with Crippen LogP contribution in [-0.2, 0) is 19.5 Å². The number of hydrogen-bond donors (Lipinski definition) is 1. The third-order valence-electron chi connectivity index (χ3n) is 3.14. The Morgan fingerprint density at radius 1 is 1.26 bits per heavy atom. The van der Waals surface area contributed by atoms with Gasteiger partial charge in [0, 0.05) is 18.9 Å². The maximum Gasteiger partial charge on any atom is 0.122 e. The van der Waals surface area contributed by atoms with Gasteiger partial charge in [0.15, 0.2) is 0 Å². The normalized spacial score (nSPS) is 10.6. The number of imidazole rings is 1. The number of nitrogens with one attached hydrogen (secondary N) is 1. The van der Waals surface area contributed by atoms with Gasteiger partial charge in [-0.15, -0.1) is 0 Å². The van der Waals surface area contributed by atoms with Gasteiger partial charge in [0.25, 0.3) is 0 Å². The Balaban J connectivity index is 1.92. The summed E-state index contributed by atoms with van der Waals surface area (Å²) in [6.45, 7) is 4.84. The summed E-state index contributed by atoms with van der Waals surface area (Å²) in [4.78, 5) is 4.37. The van der Waals surface area contributed by atoms with Crippen molar-refractivity contribution in [2.24, 2.45) is 0 Å². The van der Waals surface area contributed by atoms with Crippen LogP contribution in [0, 0.1) is 0 Å². The van der Waals surface area contributed by atoms with Crippen LogP contribution in [0.4, 0.5) is 0 Å². The minimum absolute atomic E-state index is 0.826. The van der Waals surface area contributed by atoms with Gasteiger partial charge in [0.1, 0.15) is 11.6 Å². The van der Waals surface area contributed by atoms with Crippen LogP contribution in [0.3, 0.4) is 0 Å². The highest BCUT2D eigenvalue weighted by Crippen LogP contribution is 2.12. The molecule has 0 radical (unpaired) electrons. The SMILES string of the molecule is CCNCc1nccn1CCc1ccc(OC)cc1. The van der Waals surface area contributed by atoms with Gasteiger partial charge in [0.2, 0.25) is 0 Å². The summed E-state index contributed by atoms with van der Waals surface area (Å²) in [6.07, 6.45) is 4.90. The van der Waals surface area contributed by atoms with E-state index in [2.05, 4.69) is 33.9 Å². The summed E-state index contributed by atoms with van der Waals surface area (Å²) in [5, 5.41) is 3.30. The zero-order valence-electron chi connectivity index (χ0n) is 11.6. The number of aryl methyl sites for hydroxylation is 2. The van der Waals surface area contributed by atoms with Crippen LogP contribution >= 0.6 is 0 Å². The van der Waals surface area contributed by atoms with Crippen molar-refractivity contribution in [3.8, 4) is 5.75 Å². The van der Waals surface area contributed by atoms with Crippen LogP contribution in [0.5, 0.6) is 5.75 Å². The molecule has 19 heavy (non-hydrogen) atoms. The molecular formula is C15H21N3O. The summed E-state index contributed by atoms with van der Waals surface area (Å²) in [5.74, 6) is 1.99. The van der Waals surface area contributed by atoms with E-state index >= 15 is 0 Å². The van der Waals surface area contributed by atoms with E-state index in [1.807, 2.05) is 24.5 Å². The van der Waals surface area contributed by atoms with Crippen LogP contribution in [0.1, 0.15) is 18.3 Å². The average molecular weight is 259 g/mol. The molecule has 0 bridgehead atoms. The molecule has 4 heteroatoms. The lowest BCUT2D eigenvalue weighted by molar-refractivity contribution is 0.414. The molecule has 4 nitrogen and oxygen atoms in total. The van der Waals surface area contributed by atoms with Crippen LogP contribution in [0.2, 0.25) is 0 Å². The number of benzene rings is 1. The van der Waals surface area contributed by atoms with Gasteiger partial charge in [-0.1, -0.05) is 19.1 Å². The fourth-order valence-electron chi connectivity index (χ4n) is 1.99. The first-order valence-corrected chi connectivity index (χ1v) is 6.67. The van der Waals surface area contributed by atoms with Crippen molar-refractivity contribution in [1.82, 2.24) is 14.9 Å². The Bertz CT molecular complexity index is 490. The first kappa shape index (κ1) is 13.6. The Morgan fingerprint density at radius 2 is 2.05 bits per heavy atom. The summed E-state index contributed by atoms with van der Waals surface area (Å²) >= 11 is 0. The molecule has 2 aromatic rings. The van der Waals surface area contributed by atoms with Gasteiger partial charge in [-0.05, 0) is 30.7 Å². The number of hydrogen-bond acceptors (Lipinski definition) is 3. The van der Waals surface area contributed by atoms with Crippen molar-refractivity contribution in [1.29, 1.82) is 0 Å². The van der Waals surface area contributed by atoms with Crippen molar-refractivity contribution in [2.45, 2.75) is 26.4 Å². The molecule has 0 aliphatic rings. The lowest BCUT2D eigenvalue weighted by Gasteiger charge is -2.08. The maximum atomic E-state index is 5.16. The molecule has 0 aliphatic heterocycles. The zero-order chi connectivity index (χ0) is 13.5. The Kier molecular flexibility index (Phi) is 4.98. The second-order valence-electron chi connectivity index (χ2n) is 4.42. The third-order valence-corrected chi connectivity index (χ3v) is 3.14. The molecule has 102 valence electrons. The highest BCUT2D eigenvalue weighted by atomic mass is 16.5. The molecule has 0 atom stereocenters. The molecule has 1 aromatic heterocycles. The number of ether oxygens (including phenoxy) is 1. The predicted octanol–water partition coefficient (Wildman–Crippen LogP) is 2.24. The van der Waals surface area contributed by atoms with E-state index in [1.165, 1.54) is 5.56 Å². The number of aromatic nitrogens is 2. The van der Waals surface area contributed by atoms with E-state index in [0.717, 1.165) is 37.6 Å². The van der Waals surface area contributed by atoms with Crippen LogP contribution in [0.15, 0.2) is 36.7 Å².